The Kier molecular flexibility index (Phi) is 3.33. The van der Waals surface area contributed by atoms with E-state index in [9.17, 15) is 14.0 Å². The monoisotopic (exact) mass is 296 g/mol. The standard InChI is InChI=1S/C17H13FN2O2/c1-10-7-12(9-21)15-14(8-10)17(22)20(2)16(19-15)11-3-5-13(18)6-4-11/h3-9H,1-2H3. The molecule has 2 aromatic carbocycles. The number of nitrogens with zero attached hydrogens (tertiary/aromatic N) is 2. The van der Waals surface area contributed by atoms with Crippen LogP contribution in [-0.2, 0) is 7.05 Å². The van der Waals surface area contributed by atoms with E-state index < -0.39 is 0 Å². The van der Waals surface area contributed by atoms with Crippen LogP contribution in [-0.4, -0.2) is 15.8 Å². The van der Waals surface area contributed by atoms with Crippen LogP contribution in [0.4, 0.5) is 4.39 Å². The van der Waals surface area contributed by atoms with E-state index in [0.29, 0.717) is 34.1 Å². The zero-order valence-electron chi connectivity index (χ0n) is 12.1. The summed E-state index contributed by atoms with van der Waals surface area (Å²) in [5.41, 5.74) is 1.93. The molecule has 3 aromatic rings. The maximum Gasteiger partial charge on any atom is 0.261 e. The summed E-state index contributed by atoms with van der Waals surface area (Å²) in [5, 5.41) is 0.399. The summed E-state index contributed by atoms with van der Waals surface area (Å²) in [7, 11) is 1.61. The van der Waals surface area contributed by atoms with Gasteiger partial charge in [0.2, 0.25) is 0 Å². The van der Waals surface area contributed by atoms with E-state index in [1.807, 2.05) is 6.92 Å². The Hall–Kier alpha value is -2.82. The van der Waals surface area contributed by atoms with Gasteiger partial charge in [-0.2, -0.15) is 0 Å². The van der Waals surface area contributed by atoms with Crippen LogP contribution in [0.2, 0.25) is 0 Å². The number of aryl methyl sites for hydroxylation is 1. The van der Waals surface area contributed by atoms with Crippen molar-refractivity contribution in [3.8, 4) is 11.4 Å². The first kappa shape index (κ1) is 14.1. The number of carbonyl (C=O) groups excluding carboxylic acids is 1. The van der Waals surface area contributed by atoms with E-state index >= 15 is 0 Å². The van der Waals surface area contributed by atoms with Gasteiger partial charge in [0, 0.05) is 18.2 Å². The second kappa shape index (κ2) is 5.18. The van der Waals surface area contributed by atoms with Crippen molar-refractivity contribution in [3.63, 3.8) is 0 Å². The van der Waals surface area contributed by atoms with Gasteiger partial charge in [-0.1, -0.05) is 0 Å². The fourth-order valence-corrected chi connectivity index (χ4v) is 2.50. The van der Waals surface area contributed by atoms with Crippen molar-refractivity contribution in [1.29, 1.82) is 0 Å². The summed E-state index contributed by atoms with van der Waals surface area (Å²) >= 11 is 0. The molecule has 0 radical (unpaired) electrons. The molecule has 1 heterocycles. The molecule has 0 saturated carbocycles. The molecule has 1 aromatic heterocycles. The third-order valence-corrected chi connectivity index (χ3v) is 3.58. The molecule has 0 aliphatic heterocycles. The van der Waals surface area contributed by atoms with Gasteiger partial charge in [-0.05, 0) is 48.9 Å². The van der Waals surface area contributed by atoms with Crippen molar-refractivity contribution < 1.29 is 9.18 Å². The summed E-state index contributed by atoms with van der Waals surface area (Å²) < 4.78 is 14.5. The molecule has 0 bridgehead atoms. The highest BCUT2D eigenvalue weighted by Crippen LogP contribution is 2.21. The highest BCUT2D eigenvalue weighted by molar-refractivity contribution is 5.96. The molecule has 0 aliphatic rings. The lowest BCUT2D eigenvalue weighted by atomic mass is 10.1. The SMILES string of the molecule is Cc1cc(C=O)c2nc(-c3ccc(F)cc3)n(C)c(=O)c2c1. The van der Waals surface area contributed by atoms with Crippen molar-refractivity contribution in [3.05, 3.63) is 63.7 Å². The number of benzene rings is 2. The first-order valence-corrected chi connectivity index (χ1v) is 6.74. The maximum atomic E-state index is 13.1. The lowest BCUT2D eigenvalue weighted by molar-refractivity contribution is 0.112. The van der Waals surface area contributed by atoms with Gasteiger partial charge in [0.25, 0.3) is 5.56 Å². The third kappa shape index (κ3) is 2.20. The lowest BCUT2D eigenvalue weighted by Gasteiger charge is -2.11. The van der Waals surface area contributed by atoms with Gasteiger partial charge in [0.15, 0.2) is 6.29 Å². The van der Waals surface area contributed by atoms with E-state index in [1.54, 1.807) is 31.3 Å². The fraction of sp³-hybridized carbons (Fsp3) is 0.118. The van der Waals surface area contributed by atoms with Crippen LogP contribution in [0.5, 0.6) is 0 Å². The summed E-state index contributed by atoms with van der Waals surface area (Å²) in [6, 6.07) is 9.13. The zero-order chi connectivity index (χ0) is 15.9. The largest absolute Gasteiger partial charge is 0.298 e. The molecular weight excluding hydrogens is 283 g/mol. The van der Waals surface area contributed by atoms with Crippen molar-refractivity contribution in [2.45, 2.75) is 6.92 Å². The van der Waals surface area contributed by atoms with Crippen molar-refractivity contribution in [2.75, 3.05) is 0 Å². The van der Waals surface area contributed by atoms with E-state index in [0.717, 1.165) is 5.56 Å². The average molecular weight is 296 g/mol. The summed E-state index contributed by atoms with van der Waals surface area (Å²) in [6.07, 6.45) is 0.691. The van der Waals surface area contributed by atoms with E-state index in [1.165, 1.54) is 16.7 Å². The molecule has 22 heavy (non-hydrogen) atoms. The Labute approximate surface area is 125 Å². The van der Waals surface area contributed by atoms with E-state index in [4.69, 9.17) is 0 Å². The number of aromatic nitrogens is 2. The van der Waals surface area contributed by atoms with Crippen LogP contribution in [0.15, 0.2) is 41.2 Å². The topological polar surface area (TPSA) is 52.0 Å². The molecule has 0 aliphatic carbocycles. The Morgan fingerprint density at radius 3 is 2.50 bits per heavy atom. The third-order valence-electron chi connectivity index (χ3n) is 3.58. The number of halogens is 1. The normalized spacial score (nSPS) is 10.9. The summed E-state index contributed by atoms with van der Waals surface area (Å²) in [5.74, 6) is 0.0307. The molecule has 0 N–H and O–H groups in total. The molecule has 0 fully saturated rings. The van der Waals surface area contributed by atoms with Gasteiger partial charge in [-0.15, -0.1) is 0 Å². The van der Waals surface area contributed by atoms with Crippen LogP contribution in [0, 0.1) is 12.7 Å². The Bertz CT molecular complexity index is 944. The second-order valence-corrected chi connectivity index (χ2v) is 5.17. The van der Waals surface area contributed by atoms with Crippen molar-refractivity contribution in [2.24, 2.45) is 7.05 Å². The van der Waals surface area contributed by atoms with Crippen LogP contribution in [0.3, 0.4) is 0 Å². The molecule has 0 unspecified atom stereocenters. The molecule has 0 amide bonds. The van der Waals surface area contributed by atoms with Crippen molar-refractivity contribution >= 4 is 17.2 Å². The molecule has 0 spiro atoms. The van der Waals surface area contributed by atoms with Gasteiger partial charge in [-0.25, -0.2) is 9.37 Å². The highest BCUT2D eigenvalue weighted by Gasteiger charge is 2.13. The smallest absolute Gasteiger partial charge is 0.261 e. The summed E-state index contributed by atoms with van der Waals surface area (Å²) in [6.45, 7) is 1.82. The van der Waals surface area contributed by atoms with Crippen LogP contribution in [0.1, 0.15) is 15.9 Å². The highest BCUT2D eigenvalue weighted by atomic mass is 19.1. The molecule has 5 heteroatoms. The predicted octanol–water partition coefficient (Wildman–Crippen LogP) is 2.86. The average Bonchev–Trinajstić information content (AvgIpc) is 2.51. The number of aldehydes is 1. The molecule has 0 saturated heterocycles. The number of hydrogen-bond donors (Lipinski definition) is 0. The van der Waals surface area contributed by atoms with Crippen LogP contribution >= 0.6 is 0 Å². The van der Waals surface area contributed by atoms with Gasteiger partial charge >= 0.3 is 0 Å². The molecule has 110 valence electrons. The quantitative estimate of drug-likeness (QED) is 0.683. The van der Waals surface area contributed by atoms with E-state index in [-0.39, 0.29) is 11.4 Å². The van der Waals surface area contributed by atoms with Crippen LogP contribution in [0.25, 0.3) is 22.3 Å². The maximum absolute atomic E-state index is 13.1. The number of fused-ring (bicyclic) bond motifs is 1. The van der Waals surface area contributed by atoms with Gasteiger partial charge in [0.05, 0.1) is 10.9 Å². The Balaban J connectivity index is 2.40. The minimum Gasteiger partial charge on any atom is -0.298 e. The molecule has 3 rings (SSSR count). The number of rotatable bonds is 2. The predicted molar refractivity (Wildman–Crippen MR) is 82.5 cm³/mol. The molecular formula is C17H13FN2O2. The molecule has 0 atom stereocenters. The zero-order valence-corrected chi connectivity index (χ0v) is 12.1. The van der Waals surface area contributed by atoms with Gasteiger partial charge in [0.1, 0.15) is 11.6 Å². The first-order chi connectivity index (χ1) is 10.5. The minimum absolute atomic E-state index is 0.240. The number of carbonyl (C=O) groups is 1. The fourth-order valence-electron chi connectivity index (χ4n) is 2.50. The number of hydrogen-bond acceptors (Lipinski definition) is 3. The Morgan fingerprint density at radius 2 is 1.86 bits per heavy atom. The Morgan fingerprint density at radius 1 is 1.18 bits per heavy atom. The first-order valence-electron chi connectivity index (χ1n) is 6.74. The summed E-state index contributed by atoms with van der Waals surface area (Å²) in [4.78, 5) is 28.3. The second-order valence-electron chi connectivity index (χ2n) is 5.17. The van der Waals surface area contributed by atoms with E-state index in [2.05, 4.69) is 4.98 Å². The van der Waals surface area contributed by atoms with Gasteiger partial charge in [-0.3, -0.25) is 14.2 Å². The minimum atomic E-state index is -0.362. The van der Waals surface area contributed by atoms with Crippen molar-refractivity contribution in [1.82, 2.24) is 9.55 Å². The van der Waals surface area contributed by atoms with Gasteiger partial charge < -0.3 is 0 Å². The lowest BCUT2D eigenvalue weighted by Crippen LogP contribution is -2.21. The van der Waals surface area contributed by atoms with Crippen LogP contribution < -0.4 is 5.56 Å². The molecule has 4 nitrogen and oxygen atoms in total.